The Morgan fingerprint density at radius 2 is 2.00 bits per heavy atom. The summed E-state index contributed by atoms with van der Waals surface area (Å²) in [6, 6.07) is 12.5. The van der Waals surface area contributed by atoms with Crippen LogP contribution < -0.4 is 0 Å². The van der Waals surface area contributed by atoms with Crippen LogP contribution in [0.5, 0.6) is 0 Å². The Balaban J connectivity index is 1.41. The third kappa shape index (κ3) is 2.66. The first-order chi connectivity index (χ1) is 13.2. The van der Waals surface area contributed by atoms with Crippen molar-refractivity contribution >= 4 is 11.4 Å². The minimum atomic E-state index is -0.324. The highest BCUT2D eigenvalue weighted by molar-refractivity contribution is 5.97. The highest BCUT2D eigenvalue weighted by atomic mass is 19.1. The van der Waals surface area contributed by atoms with E-state index in [4.69, 9.17) is 0 Å². The predicted octanol–water partition coefficient (Wildman–Crippen LogP) is 3.69. The smallest absolute Gasteiger partial charge is 0.256 e. The summed E-state index contributed by atoms with van der Waals surface area (Å²) in [6.45, 7) is 0.634. The van der Waals surface area contributed by atoms with Crippen LogP contribution in [0.4, 0.5) is 4.39 Å². The quantitative estimate of drug-likeness (QED) is 0.561. The summed E-state index contributed by atoms with van der Waals surface area (Å²) in [5.74, 6) is -0.429. The third-order valence-electron chi connectivity index (χ3n) is 4.90. The van der Waals surface area contributed by atoms with E-state index in [9.17, 15) is 9.18 Å². The molecule has 1 aliphatic heterocycles. The largest absolute Gasteiger partial charge is 0.328 e. The Kier molecular flexibility index (Phi) is 3.50. The van der Waals surface area contributed by atoms with Gasteiger partial charge in [-0.1, -0.05) is 18.2 Å². The lowest BCUT2D eigenvalue weighted by Crippen LogP contribution is -2.23. The van der Waals surface area contributed by atoms with Gasteiger partial charge < -0.3 is 9.30 Å². The van der Waals surface area contributed by atoms with Gasteiger partial charge >= 0.3 is 0 Å². The van der Waals surface area contributed by atoms with E-state index in [-0.39, 0.29) is 18.3 Å². The number of hydrogen-bond acceptors (Lipinski definition) is 3. The Labute approximate surface area is 154 Å². The molecular weight excluding hydrogens is 343 g/mol. The van der Waals surface area contributed by atoms with Crippen LogP contribution in [0.15, 0.2) is 67.4 Å². The van der Waals surface area contributed by atoms with Gasteiger partial charge in [0.1, 0.15) is 5.82 Å². The average Bonchev–Trinajstić information content (AvgIpc) is 3.28. The fraction of sp³-hybridized carbons (Fsp3) is 0.0952. The zero-order valence-electron chi connectivity index (χ0n) is 14.3. The van der Waals surface area contributed by atoms with E-state index in [2.05, 4.69) is 9.97 Å². The van der Waals surface area contributed by atoms with Gasteiger partial charge in [-0.2, -0.15) is 0 Å². The number of halogens is 1. The minimum Gasteiger partial charge on any atom is -0.328 e. The number of nitrogens with zero attached hydrogens (tertiary/aromatic N) is 4. The molecule has 3 aromatic heterocycles. The van der Waals surface area contributed by atoms with Gasteiger partial charge in [0.05, 0.1) is 35.8 Å². The van der Waals surface area contributed by atoms with E-state index >= 15 is 0 Å². The van der Waals surface area contributed by atoms with Crippen molar-refractivity contribution < 1.29 is 9.18 Å². The van der Waals surface area contributed by atoms with E-state index in [0.29, 0.717) is 17.7 Å². The summed E-state index contributed by atoms with van der Waals surface area (Å²) >= 11 is 0. The molecule has 0 unspecified atom stereocenters. The maximum atomic E-state index is 14.7. The van der Waals surface area contributed by atoms with Crippen LogP contribution in [0.3, 0.4) is 0 Å². The summed E-state index contributed by atoms with van der Waals surface area (Å²) in [6.07, 6.45) is 7.08. The van der Waals surface area contributed by atoms with Crippen molar-refractivity contribution in [2.75, 3.05) is 0 Å². The fourth-order valence-electron chi connectivity index (χ4n) is 3.46. The molecule has 6 heteroatoms. The molecule has 0 saturated heterocycles. The number of imidazole rings is 1. The van der Waals surface area contributed by atoms with Crippen molar-refractivity contribution in [1.82, 2.24) is 19.3 Å². The number of hydrogen-bond donors (Lipinski definition) is 0. The first kappa shape index (κ1) is 15.7. The number of aromatic nitrogens is 3. The summed E-state index contributed by atoms with van der Waals surface area (Å²) in [5, 5.41) is 0. The van der Waals surface area contributed by atoms with Crippen molar-refractivity contribution in [3.63, 3.8) is 0 Å². The fourth-order valence-corrected chi connectivity index (χ4v) is 3.46. The number of fused-ring (bicyclic) bond motifs is 2. The van der Waals surface area contributed by atoms with E-state index < -0.39 is 0 Å². The van der Waals surface area contributed by atoms with Crippen LogP contribution in [0.25, 0.3) is 16.6 Å². The van der Waals surface area contributed by atoms with Crippen molar-refractivity contribution in [3.8, 4) is 11.1 Å². The van der Waals surface area contributed by atoms with E-state index in [1.54, 1.807) is 41.8 Å². The lowest BCUT2D eigenvalue weighted by Gasteiger charge is -2.16. The number of carbonyl (C=O) groups excluding carboxylic acids is 1. The van der Waals surface area contributed by atoms with Gasteiger partial charge in [0.25, 0.3) is 5.91 Å². The van der Waals surface area contributed by atoms with Crippen molar-refractivity contribution in [3.05, 3.63) is 90.0 Å². The molecule has 4 heterocycles. The van der Waals surface area contributed by atoms with Crippen LogP contribution in [0.2, 0.25) is 0 Å². The molecular formula is C21H15FN4O. The maximum absolute atomic E-state index is 14.7. The van der Waals surface area contributed by atoms with Gasteiger partial charge in [-0.25, -0.2) is 9.37 Å². The second kappa shape index (κ2) is 6.02. The third-order valence-corrected chi connectivity index (χ3v) is 4.90. The lowest BCUT2D eigenvalue weighted by molar-refractivity contribution is 0.0765. The normalized spacial score (nSPS) is 13.4. The Morgan fingerprint density at radius 1 is 1.11 bits per heavy atom. The Hall–Kier alpha value is -3.54. The molecule has 0 saturated carbocycles. The van der Waals surface area contributed by atoms with Crippen LogP contribution in [0.1, 0.15) is 21.6 Å². The van der Waals surface area contributed by atoms with E-state index in [1.807, 2.05) is 28.8 Å². The van der Waals surface area contributed by atoms with Crippen LogP contribution >= 0.6 is 0 Å². The molecule has 5 nitrogen and oxygen atoms in total. The van der Waals surface area contributed by atoms with Gasteiger partial charge in [0.2, 0.25) is 0 Å². The van der Waals surface area contributed by atoms with E-state index in [1.165, 1.54) is 6.07 Å². The number of rotatable bonds is 3. The van der Waals surface area contributed by atoms with Gasteiger partial charge in [-0.05, 0) is 35.4 Å². The summed E-state index contributed by atoms with van der Waals surface area (Å²) < 4.78 is 16.6. The monoisotopic (exact) mass is 358 g/mol. The number of amides is 1. The molecule has 1 aromatic carbocycles. The molecule has 0 aliphatic carbocycles. The second-order valence-corrected chi connectivity index (χ2v) is 6.61. The minimum absolute atomic E-state index is 0.105. The molecule has 1 amide bonds. The zero-order chi connectivity index (χ0) is 18.4. The molecule has 1 aliphatic rings. The second-order valence-electron chi connectivity index (χ2n) is 6.61. The predicted molar refractivity (Wildman–Crippen MR) is 98.4 cm³/mol. The van der Waals surface area contributed by atoms with Gasteiger partial charge in [0, 0.05) is 24.5 Å². The van der Waals surface area contributed by atoms with Crippen molar-refractivity contribution in [1.29, 1.82) is 0 Å². The molecule has 0 N–H and O–H groups in total. The summed E-state index contributed by atoms with van der Waals surface area (Å²) in [4.78, 5) is 22.4. The average molecular weight is 358 g/mol. The van der Waals surface area contributed by atoms with Crippen LogP contribution in [-0.2, 0) is 13.1 Å². The Bertz CT molecular complexity index is 1180. The SMILES string of the molecule is O=C1c2cccnc2CN1Cc1ccc(-c2ccc3cncn3c2)cc1F. The molecule has 27 heavy (non-hydrogen) atoms. The Morgan fingerprint density at radius 3 is 2.85 bits per heavy atom. The molecule has 0 radical (unpaired) electrons. The topological polar surface area (TPSA) is 50.5 Å². The summed E-state index contributed by atoms with van der Waals surface area (Å²) in [5.41, 5.74) is 4.50. The lowest BCUT2D eigenvalue weighted by atomic mass is 10.0. The van der Waals surface area contributed by atoms with Crippen molar-refractivity contribution in [2.24, 2.45) is 0 Å². The van der Waals surface area contributed by atoms with Crippen molar-refractivity contribution in [2.45, 2.75) is 13.1 Å². The summed E-state index contributed by atoms with van der Waals surface area (Å²) in [7, 11) is 0. The van der Waals surface area contributed by atoms with Crippen LogP contribution in [-0.4, -0.2) is 25.2 Å². The van der Waals surface area contributed by atoms with Crippen LogP contribution in [0, 0.1) is 5.82 Å². The molecule has 0 fully saturated rings. The highest BCUT2D eigenvalue weighted by Gasteiger charge is 2.28. The van der Waals surface area contributed by atoms with Gasteiger partial charge in [-0.3, -0.25) is 9.78 Å². The number of carbonyl (C=O) groups is 1. The van der Waals surface area contributed by atoms with E-state index in [0.717, 1.165) is 22.3 Å². The molecule has 5 rings (SSSR count). The number of pyridine rings is 2. The first-order valence-electron chi connectivity index (χ1n) is 8.63. The maximum Gasteiger partial charge on any atom is 0.256 e. The molecule has 0 bridgehead atoms. The zero-order valence-corrected chi connectivity index (χ0v) is 14.3. The molecule has 4 aromatic rings. The first-order valence-corrected chi connectivity index (χ1v) is 8.63. The van der Waals surface area contributed by atoms with Gasteiger partial charge in [-0.15, -0.1) is 0 Å². The standard InChI is InChI=1S/C21H15FN4O/c22-19-8-14(15-5-6-17-9-23-13-26(17)10-15)3-4-16(19)11-25-12-20-18(21(25)27)2-1-7-24-20/h1-10,13H,11-12H2. The van der Waals surface area contributed by atoms with Gasteiger partial charge in [0.15, 0.2) is 0 Å². The highest BCUT2D eigenvalue weighted by Crippen LogP contribution is 2.26. The molecule has 132 valence electrons. The molecule has 0 atom stereocenters. The molecule has 0 spiro atoms. The number of benzene rings is 1.